The third-order valence-corrected chi connectivity index (χ3v) is 3.34. The smallest absolute Gasteiger partial charge is 0.306 e. The SMILES string of the molecule is O=C(CC1CCCCC1=O)OCc1ccccc1. The van der Waals surface area contributed by atoms with Gasteiger partial charge in [-0.1, -0.05) is 36.8 Å². The number of carbonyl (C=O) groups excluding carboxylic acids is 2. The lowest BCUT2D eigenvalue weighted by Gasteiger charge is -2.19. The van der Waals surface area contributed by atoms with E-state index in [1.807, 2.05) is 30.3 Å². The zero-order valence-corrected chi connectivity index (χ0v) is 10.4. The average molecular weight is 246 g/mol. The van der Waals surface area contributed by atoms with Gasteiger partial charge in [0, 0.05) is 12.3 Å². The third-order valence-electron chi connectivity index (χ3n) is 3.34. The third kappa shape index (κ3) is 3.69. The average Bonchev–Trinajstić information content (AvgIpc) is 2.40. The van der Waals surface area contributed by atoms with Gasteiger partial charge in [-0.15, -0.1) is 0 Å². The molecule has 0 saturated heterocycles. The summed E-state index contributed by atoms with van der Waals surface area (Å²) in [6.07, 6.45) is 3.71. The lowest BCUT2D eigenvalue weighted by atomic mass is 9.86. The van der Waals surface area contributed by atoms with Crippen LogP contribution < -0.4 is 0 Å². The molecule has 3 heteroatoms. The molecule has 18 heavy (non-hydrogen) atoms. The highest BCUT2D eigenvalue weighted by atomic mass is 16.5. The highest BCUT2D eigenvalue weighted by Crippen LogP contribution is 2.23. The van der Waals surface area contributed by atoms with E-state index in [4.69, 9.17) is 4.74 Å². The molecule has 1 atom stereocenters. The number of hydrogen-bond donors (Lipinski definition) is 0. The second kappa shape index (κ2) is 6.34. The predicted molar refractivity (Wildman–Crippen MR) is 67.8 cm³/mol. The van der Waals surface area contributed by atoms with Crippen LogP contribution in [0.4, 0.5) is 0 Å². The maximum Gasteiger partial charge on any atom is 0.306 e. The van der Waals surface area contributed by atoms with Crippen LogP contribution in [-0.2, 0) is 20.9 Å². The minimum atomic E-state index is -0.265. The summed E-state index contributed by atoms with van der Waals surface area (Å²) in [6, 6.07) is 9.58. The van der Waals surface area contributed by atoms with E-state index in [0.29, 0.717) is 13.0 Å². The summed E-state index contributed by atoms with van der Waals surface area (Å²) in [7, 11) is 0. The van der Waals surface area contributed by atoms with Gasteiger partial charge in [-0.3, -0.25) is 9.59 Å². The van der Waals surface area contributed by atoms with Gasteiger partial charge in [0.25, 0.3) is 0 Å². The number of benzene rings is 1. The highest BCUT2D eigenvalue weighted by Gasteiger charge is 2.25. The number of ketones is 1. The van der Waals surface area contributed by atoms with Crippen molar-refractivity contribution < 1.29 is 14.3 Å². The summed E-state index contributed by atoms with van der Waals surface area (Å²) >= 11 is 0. The number of Topliss-reactive ketones (excluding diaryl/α,β-unsaturated/α-hetero) is 1. The van der Waals surface area contributed by atoms with Crippen LogP contribution in [0.5, 0.6) is 0 Å². The van der Waals surface area contributed by atoms with Gasteiger partial charge in [-0.25, -0.2) is 0 Å². The molecule has 2 rings (SSSR count). The second-order valence-electron chi connectivity index (χ2n) is 4.76. The quantitative estimate of drug-likeness (QED) is 0.767. The van der Waals surface area contributed by atoms with Crippen molar-refractivity contribution in [3.05, 3.63) is 35.9 Å². The van der Waals surface area contributed by atoms with E-state index in [0.717, 1.165) is 24.8 Å². The van der Waals surface area contributed by atoms with Crippen molar-refractivity contribution in [1.29, 1.82) is 0 Å². The van der Waals surface area contributed by atoms with E-state index < -0.39 is 0 Å². The predicted octanol–water partition coefficient (Wildman–Crippen LogP) is 2.88. The monoisotopic (exact) mass is 246 g/mol. The number of rotatable bonds is 4. The Kier molecular flexibility index (Phi) is 4.51. The van der Waals surface area contributed by atoms with Crippen LogP contribution in [0, 0.1) is 5.92 Å². The van der Waals surface area contributed by atoms with Crippen molar-refractivity contribution in [1.82, 2.24) is 0 Å². The molecule has 1 aromatic carbocycles. The van der Waals surface area contributed by atoms with E-state index >= 15 is 0 Å². The molecule has 0 aromatic heterocycles. The van der Waals surface area contributed by atoms with Crippen LogP contribution in [0.25, 0.3) is 0 Å². The van der Waals surface area contributed by atoms with Crippen LogP contribution in [0.3, 0.4) is 0 Å². The maximum absolute atomic E-state index is 11.7. The van der Waals surface area contributed by atoms with Gasteiger partial charge in [0.15, 0.2) is 0 Å². The number of ether oxygens (including phenoxy) is 1. The molecule has 3 nitrogen and oxygen atoms in total. The second-order valence-corrected chi connectivity index (χ2v) is 4.76. The van der Waals surface area contributed by atoms with Gasteiger partial charge in [0.2, 0.25) is 0 Å². The Morgan fingerprint density at radius 2 is 2.00 bits per heavy atom. The Hall–Kier alpha value is -1.64. The van der Waals surface area contributed by atoms with Gasteiger partial charge in [-0.2, -0.15) is 0 Å². The summed E-state index contributed by atoms with van der Waals surface area (Å²) in [4.78, 5) is 23.3. The summed E-state index contributed by atoms with van der Waals surface area (Å²) in [6.45, 7) is 0.292. The van der Waals surface area contributed by atoms with Gasteiger partial charge in [0.1, 0.15) is 12.4 Å². The molecule has 0 aliphatic heterocycles. The van der Waals surface area contributed by atoms with E-state index in [1.165, 1.54) is 0 Å². The maximum atomic E-state index is 11.7. The molecule has 1 aliphatic carbocycles. The first-order valence-corrected chi connectivity index (χ1v) is 6.48. The molecule has 0 heterocycles. The summed E-state index contributed by atoms with van der Waals surface area (Å²) in [5, 5.41) is 0. The number of carbonyl (C=O) groups is 2. The fourth-order valence-corrected chi connectivity index (χ4v) is 2.27. The molecule has 96 valence electrons. The van der Waals surface area contributed by atoms with Crippen molar-refractivity contribution in [2.24, 2.45) is 5.92 Å². The van der Waals surface area contributed by atoms with Crippen molar-refractivity contribution in [3.63, 3.8) is 0 Å². The fraction of sp³-hybridized carbons (Fsp3) is 0.467. The van der Waals surface area contributed by atoms with Crippen LogP contribution >= 0.6 is 0 Å². The minimum absolute atomic E-state index is 0.109. The Balaban J connectivity index is 1.76. The first-order chi connectivity index (χ1) is 8.75. The Labute approximate surface area is 107 Å². The summed E-state index contributed by atoms with van der Waals surface area (Å²) < 4.78 is 5.19. The molecule has 0 amide bonds. The van der Waals surface area contributed by atoms with Crippen LogP contribution in [0.1, 0.15) is 37.7 Å². The zero-order valence-electron chi connectivity index (χ0n) is 10.4. The fourth-order valence-electron chi connectivity index (χ4n) is 2.27. The Morgan fingerprint density at radius 1 is 1.22 bits per heavy atom. The zero-order chi connectivity index (χ0) is 12.8. The van der Waals surface area contributed by atoms with E-state index in [2.05, 4.69) is 0 Å². The molecule has 1 saturated carbocycles. The molecule has 1 unspecified atom stereocenters. The first kappa shape index (κ1) is 12.8. The van der Waals surface area contributed by atoms with E-state index in [-0.39, 0.29) is 24.1 Å². The molecular weight excluding hydrogens is 228 g/mol. The largest absolute Gasteiger partial charge is 0.461 e. The topological polar surface area (TPSA) is 43.4 Å². The number of hydrogen-bond acceptors (Lipinski definition) is 3. The summed E-state index contributed by atoms with van der Waals surface area (Å²) in [5.41, 5.74) is 0.973. The lowest BCUT2D eigenvalue weighted by Crippen LogP contribution is -2.22. The van der Waals surface area contributed by atoms with Crippen molar-refractivity contribution in [2.45, 2.75) is 38.7 Å². The van der Waals surface area contributed by atoms with Gasteiger partial charge in [0.05, 0.1) is 6.42 Å². The van der Waals surface area contributed by atoms with Crippen LogP contribution in [0.2, 0.25) is 0 Å². The van der Waals surface area contributed by atoms with Crippen molar-refractivity contribution in [2.75, 3.05) is 0 Å². The van der Waals surface area contributed by atoms with Crippen molar-refractivity contribution >= 4 is 11.8 Å². The molecule has 0 N–H and O–H groups in total. The standard InChI is InChI=1S/C15H18O3/c16-14-9-5-4-8-13(14)10-15(17)18-11-12-6-2-1-3-7-12/h1-3,6-7,13H,4-5,8-11H2. The Morgan fingerprint density at radius 3 is 2.72 bits per heavy atom. The normalized spacial score (nSPS) is 19.6. The van der Waals surface area contributed by atoms with E-state index in [9.17, 15) is 9.59 Å². The first-order valence-electron chi connectivity index (χ1n) is 6.48. The van der Waals surface area contributed by atoms with Gasteiger partial charge < -0.3 is 4.74 Å². The molecule has 1 aliphatic rings. The summed E-state index contributed by atoms with van der Waals surface area (Å²) in [5.74, 6) is -0.154. The molecular formula is C15H18O3. The highest BCUT2D eigenvalue weighted by molar-refractivity contribution is 5.85. The van der Waals surface area contributed by atoms with Crippen LogP contribution in [0.15, 0.2) is 30.3 Å². The molecule has 0 spiro atoms. The van der Waals surface area contributed by atoms with Gasteiger partial charge >= 0.3 is 5.97 Å². The van der Waals surface area contributed by atoms with Gasteiger partial charge in [-0.05, 0) is 18.4 Å². The lowest BCUT2D eigenvalue weighted by molar-refractivity contribution is -0.148. The van der Waals surface area contributed by atoms with E-state index in [1.54, 1.807) is 0 Å². The molecule has 1 aromatic rings. The van der Waals surface area contributed by atoms with Crippen LogP contribution in [-0.4, -0.2) is 11.8 Å². The van der Waals surface area contributed by atoms with Crippen molar-refractivity contribution in [3.8, 4) is 0 Å². The number of esters is 1. The molecule has 1 fully saturated rings. The minimum Gasteiger partial charge on any atom is -0.461 e. The molecule has 0 bridgehead atoms. The molecule has 0 radical (unpaired) electrons. The Bertz CT molecular complexity index is 411.